The van der Waals surface area contributed by atoms with Crippen LogP contribution in [0.2, 0.25) is 0 Å². The Kier molecular flexibility index (Phi) is 7.84. The third-order valence-electron chi connectivity index (χ3n) is 4.70. The van der Waals surface area contributed by atoms with Gasteiger partial charge in [-0.15, -0.1) is 0 Å². The van der Waals surface area contributed by atoms with Gasteiger partial charge in [0.2, 0.25) is 5.91 Å². The fourth-order valence-electron chi connectivity index (χ4n) is 2.89. The van der Waals surface area contributed by atoms with Gasteiger partial charge in [0.1, 0.15) is 4.90 Å². The number of carbonyl (C=O) groups is 1. The van der Waals surface area contributed by atoms with Crippen LogP contribution in [-0.2, 0) is 37.3 Å². The molecule has 190 valence electrons. The topological polar surface area (TPSA) is 119 Å². The zero-order valence-electron chi connectivity index (χ0n) is 18.6. The SMILES string of the molecule is CS(=O)(=O)c1ccc(CC(=O)NN=Cc2ccccc2OS(=O)(=O)c2ccc(C(F)(F)F)cc2)cc1. The standard InChI is InChI=1S/C23H19F3N2O6S2/c1-35(30,31)19-10-6-16(7-11-19)14-22(29)28-27-15-17-4-2-3-5-21(17)34-36(32,33)20-12-8-18(9-13-20)23(24,25)26/h2-13,15H,14H2,1H3,(H,28,29). The van der Waals surface area contributed by atoms with E-state index in [-0.39, 0.29) is 22.6 Å². The molecule has 0 atom stereocenters. The van der Waals surface area contributed by atoms with Crippen LogP contribution >= 0.6 is 0 Å². The molecular weight excluding hydrogens is 521 g/mol. The normalized spacial score (nSPS) is 12.4. The maximum Gasteiger partial charge on any atom is 0.416 e. The molecule has 3 aromatic carbocycles. The van der Waals surface area contributed by atoms with Gasteiger partial charge in [0.05, 0.1) is 23.1 Å². The van der Waals surface area contributed by atoms with E-state index >= 15 is 0 Å². The minimum atomic E-state index is -4.61. The molecule has 1 N–H and O–H groups in total. The fraction of sp³-hybridized carbons (Fsp3) is 0.130. The molecular formula is C23H19F3N2O6S2. The van der Waals surface area contributed by atoms with Gasteiger partial charge in [-0.05, 0) is 54.1 Å². The highest BCUT2D eigenvalue weighted by Gasteiger charge is 2.31. The van der Waals surface area contributed by atoms with E-state index in [9.17, 15) is 34.8 Å². The Morgan fingerprint density at radius 1 is 0.917 bits per heavy atom. The lowest BCUT2D eigenvalue weighted by Gasteiger charge is -2.11. The molecule has 0 heterocycles. The second-order valence-electron chi connectivity index (χ2n) is 7.48. The smallest absolute Gasteiger partial charge is 0.378 e. The van der Waals surface area contributed by atoms with Crippen molar-refractivity contribution in [3.05, 3.63) is 89.5 Å². The molecule has 1 amide bonds. The third kappa shape index (κ3) is 7.15. The molecule has 0 saturated heterocycles. The van der Waals surface area contributed by atoms with Gasteiger partial charge >= 0.3 is 16.3 Å². The lowest BCUT2D eigenvalue weighted by molar-refractivity contribution is -0.137. The number of carbonyl (C=O) groups excluding carboxylic acids is 1. The highest BCUT2D eigenvalue weighted by Crippen LogP contribution is 2.30. The molecule has 0 aliphatic rings. The van der Waals surface area contributed by atoms with Crippen molar-refractivity contribution in [1.29, 1.82) is 0 Å². The predicted octanol–water partition coefficient (Wildman–Crippen LogP) is 3.57. The number of hydrazone groups is 1. The van der Waals surface area contributed by atoms with Crippen molar-refractivity contribution in [3.8, 4) is 5.75 Å². The highest BCUT2D eigenvalue weighted by atomic mass is 32.2. The number of sulfone groups is 1. The maximum absolute atomic E-state index is 12.7. The van der Waals surface area contributed by atoms with Crippen LogP contribution < -0.4 is 9.61 Å². The molecule has 0 aliphatic heterocycles. The van der Waals surface area contributed by atoms with Crippen LogP contribution in [0.4, 0.5) is 13.2 Å². The van der Waals surface area contributed by atoms with Gasteiger partial charge in [0.15, 0.2) is 15.6 Å². The average molecular weight is 541 g/mol. The van der Waals surface area contributed by atoms with Crippen LogP contribution in [0.1, 0.15) is 16.7 Å². The monoisotopic (exact) mass is 540 g/mol. The number of alkyl halides is 3. The zero-order chi connectivity index (χ0) is 26.6. The van der Waals surface area contributed by atoms with Crippen molar-refractivity contribution >= 4 is 32.1 Å². The molecule has 8 nitrogen and oxygen atoms in total. The first kappa shape index (κ1) is 26.9. The van der Waals surface area contributed by atoms with Crippen molar-refractivity contribution in [1.82, 2.24) is 5.43 Å². The van der Waals surface area contributed by atoms with E-state index in [1.807, 2.05) is 0 Å². The molecule has 3 rings (SSSR count). The second kappa shape index (κ2) is 10.5. The lowest BCUT2D eigenvalue weighted by Crippen LogP contribution is -2.20. The van der Waals surface area contributed by atoms with Crippen molar-refractivity contribution in [2.45, 2.75) is 22.4 Å². The summed E-state index contributed by atoms with van der Waals surface area (Å²) in [5.41, 5.74) is 1.98. The summed E-state index contributed by atoms with van der Waals surface area (Å²) in [7, 11) is -7.81. The molecule has 0 unspecified atom stereocenters. The number of halogens is 3. The molecule has 0 radical (unpaired) electrons. The molecule has 3 aromatic rings. The van der Waals surface area contributed by atoms with Gasteiger partial charge in [-0.2, -0.15) is 26.7 Å². The van der Waals surface area contributed by atoms with E-state index in [1.165, 1.54) is 42.5 Å². The molecule has 36 heavy (non-hydrogen) atoms. The Hall–Kier alpha value is -3.71. The molecule has 13 heteroatoms. The minimum absolute atomic E-state index is 0.0954. The number of hydrogen-bond donors (Lipinski definition) is 1. The third-order valence-corrected chi connectivity index (χ3v) is 7.07. The summed E-state index contributed by atoms with van der Waals surface area (Å²) in [5.74, 6) is -0.680. The number of benzene rings is 3. The summed E-state index contributed by atoms with van der Waals surface area (Å²) in [4.78, 5) is 11.8. The van der Waals surface area contributed by atoms with E-state index in [0.717, 1.165) is 24.6 Å². The van der Waals surface area contributed by atoms with Crippen LogP contribution in [0.15, 0.2) is 87.7 Å². The Balaban J connectivity index is 1.67. The van der Waals surface area contributed by atoms with Crippen LogP contribution in [0.25, 0.3) is 0 Å². The number of nitrogens with one attached hydrogen (secondary N) is 1. The largest absolute Gasteiger partial charge is 0.416 e. The number of hydrogen-bond acceptors (Lipinski definition) is 7. The first-order valence-electron chi connectivity index (χ1n) is 10.1. The Labute approximate surface area is 205 Å². The molecule has 0 aromatic heterocycles. The summed E-state index contributed by atoms with van der Waals surface area (Å²) in [6, 6.07) is 14.4. The van der Waals surface area contributed by atoms with Crippen LogP contribution in [0.3, 0.4) is 0 Å². The minimum Gasteiger partial charge on any atom is -0.378 e. The van der Waals surface area contributed by atoms with Gasteiger partial charge in [-0.25, -0.2) is 13.8 Å². The molecule has 0 saturated carbocycles. The van der Waals surface area contributed by atoms with Gasteiger partial charge < -0.3 is 4.18 Å². The van der Waals surface area contributed by atoms with Gasteiger partial charge in [-0.3, -0.25) is 4.79 Å². The summed E-state index contributed by atoms with van der Waals surface area (Å²) in [5, 5.41) is 3.78. The summed E-state index contributed by atoms with van der Waals surface area (Å²) < 4.78 is 91.3. The quantitative estimate of drug-likeness (QED) is 0.265. The molecule has 0 bridgehead atoms. The van der Waals surface area contributed by atoms with Gasteiger partial charge in [0, 0.05) is 11.8 Å². The Bertz CT molecular complexity index is 1480. The highest BCUT2D eigenvalue weighted by molar-refractivity contribution is 7.90. The van der Waals surface area contributed by atoms with Gasteiger partial charge in [-0.1, -0.05) is 24.3 Å². The van der Waals surface area contributed by atoms with Crippen LogP contribution in [0.5, 0.6) is 5.75 Å². The molecule has 0 fully saturated rings. The predicted molar refractivity (Wildman–Crippen MR) is 125 cm³/mol. The second-order valence-corrected chi connectivity index (χ2v) is 11.0. The van der Waals surface area contributed by atoms with Crippen LogP contribution in [0, 0.1) is 0 Å². The van der Waals surface area contributed by atoms with Crippen molar-refractivity contribution in [3.63, 3.8) is 0 Å². The van der Waals surface area contributed by atoms with Crippen molar-refractivity contribution < 1.29 is 39.0 Å². The van der Waals surface area contributed by atoms with Gasteiger partial charge in [0.25, 0.3) is 0 Å². The van der Waals surface area contributed by atoms with Crippen LogP contribution in [-0.4, -0.2) is 35.2 Å². The lowest BCUT2D eigenvalue weighted by atomic mass is 10.1. The summed E-state index contributed by atoms with van der Waals surface area (Å²) >= 11 is 0. The van der Waals surface area contributed by atoms with E-state index in [2.05, 4.69) is 10.5 Å². The maximum atomic E-state index is 12.7. The number of rotatable bonds is 8. The Morgan fingerprint density at radius 3 is 2.08 bits per heavy atom. The molecule has 0 spiro atoms. The summed E-state index contributed by atoms with van der Waals surface area (Å²) in [6.07, 6.45) is -2.50. The number of para-hydroxylation sites is 1. The van der Waals surface area contributed by atoms with E-state index < -0.39 is 42.5 Å². The Morgan fingerprint density at radius 2 is 1.50 bits per heavy atom. The first-order chi connectivity index (χ1) is 16.8. The van der Waals surface area contributed by atoms with E-state index in [0.29, 0.717) is 17.7 Å². The zero-order valence-corrected chi connectivity index (χ0v) is 20.2. The van der Waals surface area contributed by atoms with E-state index in [1.54, 1.807) is 6.07 Å². The van der Waals surface area contributed by atoms with Crippen molar-refractivity contribution in [2.24, 2.45) is 5.10 Å². The van der Waals surface area contributed by atoms with E-state index in [4.69, 9.17) is 4.18 Å². The average Bonchev–Trinajstić information content (AvgIpc) is 2.79. The molecule has 0 aliphatic carbocycles. The fourth-order valence-corrected chi connectivity index (χ4v) is 4.48. The first-order valence-corrected chi connectivity index (χ1v) is 13.4. The number of nitrogens with zero attached hydrogens (tertiary/aromatic N) is 1. The van der Waals surface area contributed by atoms with Crippen molar-refractivity contribution in [2.75, 3.05) is 6.26 Å². The summed E-state index contributed by atoms with van der Waals surface area (Å²) in [6.45, 7) is 0. The number of amides is 1.